The maximum Gasteiger partial charge on any atom is 0.162 e. The Kier molecular flexibility index (Phi) is 3.23. The summed E-state index contributed by atoms with van der Waals surface area (Å²) in [6, 6.07) is 6.18. The van der Waals surface area contributed by atoms with Crippen LogP contribution in [0.25, 0.3) is 0 Å². The highest BCUT2D eigenvalue weighted by molar-refractivity contribution is 5.95. The van der Waals surface area contributed by atoms with Crippen LogP contribution in [0.3, 0.4) is 0 Å². The minimum atomic E-state index is 0.124. The Morgan fingerprint density at radius 3 is 2.57 bits per heavy atom. The summed E-state index contributed by atoms with van der Waals surface area (Å²) in [5, 5.41) is 0. The summed E-state index contributed by atoms with van der Waals surface area (Å²) in [6.45, 7) is 9.48. The predicted molar refractivity (Wildman–Crippen MR) is 59.4 cm³/mol. The molecule has 0 fully saturated rings. The number of hydrogen-bond acceptors (Lipinski definition) is 1. The number of carbonyl (C=O) groups excluding carboxylic acids is 1. The molecule has 0 bridgehead atoms. The SMILES string of the molecule is C=C(C)C(=O)Cc1cc(C)ccc1C. The molecule has 0 heterocycles. The zero-order valence-electron chi connectivity index (χ0n) is 9.05. The van der Waals surface area contributed by atoms with Crippen molar-refractivity contribution >= 4 is 5.78 Å². The van der Waals surface area contributed by atoms with Crippen LogP contribution in [0, 0.1) is 13.8 Å². The molecule has 0 atom stereocenters. The van der Waals surface area contributed by atoms with Gasteiger partial charge in [0, 0.05) is 6.42 Å². The summed E-state index contributed by atoms with van der Waals surface area (Å²) in [6.07, 6.45) is 0.475. The van der Waals surface area contributed by atoms with E-state index in [1.54, 1.807) is 6.92 Å². The normalized spacial score (nSPS) is 9.93. The number of Topliss-reactive ketones (excluding diaryl/α,β-unsaturated/α-hetero) is 1. The summed E-state index contributed by atoms with van der Waals surface area (Å²) >= 11 is 0. The van der Waals surface area contributed by atoms with Crippen LogP contribution < -0.4 is 0 Å². The summed E-state index contributed by atoms with van der Waals surface area (Å²) in [5.74, 6) is 0.124. The van der Waals surface area contributed by atoms with Gasteiger partial charge in [-0.25, -0.2) is 0 Å². The first-order valence-corrected chi connectivity index (χ1v) is 4.75. The second-order valence-electron chi connectivity index (χ2n) is 3.81. The van der Waals surface area contributed by atoms with Crippen molar-refractivity contribution in [1.29, 1.82) is 0 Å². The van der Waals surface area contributed by atoms with Crippen LogP contribution in [0.2, 0.25) is 0 Å². The molecular formula is C13H16O. The molecule has 1 nitrogen and oxygen atoms in total. The lowest BCUT2D eigenvalue weighted by Crippen LogP contribution is -2.04. The fraction of sp³-hybridized carbons (Fsp3) is 0.308. The molecule has 0 unspecified atom stereocenters. The summed E-state index contributed by atoms with van der Waals surface area (Å²) in [4.78, 5) is 11.5. The van der Waals surface area contributed by atoms with E-state index in [2.05, 4.69) is 24.8 Å². The molecule has 0 aromatic heterocycles. The summed E-state index contributed by atoms with van der Waals surface area (Å²) in [5.41, 5.74) is 4.11. The number of carbonyl (C=O) groups is 1. The van der Waals surface area contributed by atoms with E-state index >= 15 is 0 Å². The Bertz CT molecular complexity index is 375. The number of allylic oxidation sites excluding steroid dienone is 1. The number of rotatable bonds is 3. The number of hydrogen-bond donors (Lipinski definition) is 0. The van der Waals surface area contributed by atoms with Crippen LogP contribution in [-0.2, 0) is 11.2 Å². The van der Waals surface area contributed by atoms with E-state index in [9.17, 15) is 4.79 Å². The molecule has 0 radical (unpaired) electrons. The van der Waals surface area contributed by atoms with Crippen molar-refractivity contribution in [3.8, 4) is 0 Å². The molecule has 1 heteroatoms. The van der Waals surface area contributed by atoms with E-state index in [0.717, 1.165) is 5.56 Å². The molecule has 0 aliphatic carbocycles. The third-order valence-corrected chi connectivity index (χ3v) is 2.33. The van der Waals surface area contributed by atoms with E-state index < -0.39 is 0 Å². The molecule has 0 amide bonds. The molecule has 1 aromatic carbocycles. The van der Waals surface area contributed by atoms with E-state index in [1.807, 2.05) is 13.8 Å². The van der Waals surface area contributed by atoms with Crippen LogP contribution in [0.5, 0.6) is 0 Å². The molecule has 0 aliphatic rings. The topological polar surface area (TPSA) is 17.1 Å². The van der Waals surface area contributed by atoms with Gasteiger partial charge in [-0.1, -0.05) is 30.3 Å². The van der Waals surface area contributed by atoms with Gasteiger partial charge < -0.3 is 0 Å². The molecular weight excluding hydrogens is 172 g/mol. The molecule has 0 saturated carbocycles. The highest BCUT2D eigenvalue weighted by atomic mass is 16.1. The van der Waals surface area contributed by atoms with E-state index in [0.29, 0.717) is 12.0 Å². The Hall–Kier alpha value is -1.37. The largest absolute Gasteiger partial charge is 0.294 e. The highest BCUT2D eigenvalue weighted by Crippen LogP contribution is 2.12. The summed E-state index contributed by atoms with van der Waals surface area (Å²) in [7, 11) is 0. The van der Waals surface area contributed by atoms with Crippen LogP contribution in [0.4, 0.5) is 0 Å². The van der Waals surface area contributed by atoms with Crippen LogP contribution >= 0.6 is 0 Å². The minimum Gasteiger partial charge on any atom is -0.294 e. The van der Waals surface area contributed by atoms with Gasteiger partial charge in [-0.15, -0.1) is 0 Å². The van der Waals surface area contributed by atoms with Crippen LogP contribution in [-0.4, -0.2) is 5.78 Å². The molecule has 0 spiro atoms. The average Bonchev–Trinajstić information content (AvgIpc) is 2.11. The number of benzene rings is 1. The second kappa shape index (κ2) is 4.23. The lowest BCUT2D eigenvalue weighted by atomic mass is 9.99. The van der Waals surface area contributed by atoms with Gasteiger partial charge >= 0.3 is 0 Å². The quantitative estimate of drug-likeness (QED) is 0.666. The van der Waals surface area contributed by atoms with E-state index in [1.165, 1.54) is 11.1 Å². The highest BCUT2D eigenvalue weighted by Gasteiger charge is 2.06. The van der Waals surface area contributed by atoms with Gasteiger partial charge in [0.2, 0.25) is 0 Å². The lowest BCUT2D eigenvalue weighted by molar-refractivity contribution is -0.114. The molecule has 0 saturated heterocycles. The first-order chi connectivity index (χ1) is 6.50. The average molecular weight is 188 g/mol. The van der Waals surface area contributed by atoms with Gasteiger partial charge in [0.25, 0.3) is 0 Å². The molecule has 0 aliphatic heterocycles. The Balaban J connectivity index is 2.91. The van der Waals surface area contributed by atoms with Crippen molar-refractivity contribution in [2.75, 3.05) is 0 Å². The zero-order chi connectivity index (χ0) is 10.7. The molecule has 0 N–H and O–H groups in total. The minimum absolute atomic E-state index is 0.124. The van der Waals surface area contributed by atoms with Crippen molar-refractivity contribution in [2.45, 2.75) is 27.2 Å². The maximum atomic E-state index is 11.5. The summed E-state index contributed by atoms with van der Waals surface area (Å²) < 4.78 is 0. The first kappa shape index (κ1) is 10.7. The fourth-order valence-corrected chi connectivity index (χ4v) is 1.31. The number of ketones is 1. The van der Waals surface area contributed by atoms with Crippen molar-refractivity contribution in [3.05, 3.63) is 47.0 Å². The van der Waals surface area contributed by atoms with Gasteiger partial charge in [0.05, 0.1) is 0 Å². The van der Waals surface area contributed by atoms with E-state index in [-0.39, 0.29) is 5.78 Å². The lowest BCUT2D eigenvalue weighted by Gasteiger charge is -2.05. The molecule has 1 rings (SSSR count). The predicted octanol–water partition coefficient (Wildman–Crippen LogP) is 2.99. The Labute approximate surface area is 85.5 Å². The third kappa shape index (κ3) is 2.56. The third-order valence-electron chi connectivity index (χ3n) is 2.33. The van der Waals surface area contributed by atoms with Crippen molar-refractivity contribution < 1.29 is 4.79 Å². The Morgan fingerprint density at radius 1 is 1.36 bits per heavy atom. The fourth-order valence-electron chi connectivity index (χ4n) is 1.31. The smallest absolute Gasteiger partial charge is 0.162 e. The van der Waals surface area contributed by atoms with E-state index in [4.69, 9.17) is 0 Å². The van der Waals surface area contributed by atoms with Crippen LogP contribution in [0.15, 0.2) is 30.4 Å². The van der Waals surface area contributed by atoms with Crippen molar-refractivity contribution in [3.63, 3.8) is 0 Å². The molecule has 1 aromatic rings. The van der Waals surface area contributed by atoms with Gasteiger partial charge in [-0.2, -0.15) is 0 Å². The van der Waals surface area contributed by atoms with Gasteiger partial charge in [0.1, 0.15) is 0 Å². The maximum absolute atomic E-state index is 11.5. The zero-order valence-corrected chi connectivity index (χ0v) is 9.05. The first-order valence-electron chi connectivity index (χ1n) is 4.75. The Morgan fingerprint density at radius 2 is 2.00 bits per heavy atom. The molecule has 74 valence electrons. The molecule has 14 heavy (non-hydrogen) atoms. The van der Waals surface area contributed by atoms with Crippen molar-refractivity contribution in [1.82, 2.24) is 0 Å². The van der Waals surface area contributed by atoms with Crippen LogP contribution in [0.1, 0.15) is 23.6 Å². The second-order valence-corrected chi connectivity index (χ2v) is 3.81. The van der Waals surface area contributed by atoms with Crippen molar-refractivity contribution in [2.24, 2.45) is 0 Å². The standard InChI is InChI=1S/C13H16O/c1-9(2)13(14)8-12-7-10(3)5-6-11(12)4/h5-7H,1,8H2,2-4H3. The van der Waals surface area contributed by atoms with Gasteiger partial charge in [0.15, 0.2) is 5.78 Å². The van der Waals surface area contributed by atoms with Gasteiger partial charge in [-0.3, -0.25) is 4.79 Å². The monoisotopic (exact) mass is 188 g/mol. The van der Waals surface area contributed by atoms with Gasteiger partial charge in [-0.05, 0) is 37.5 Å². The number of aryl methyl sites for hydroxylation is 2.